The van der Waals surface area contributed by atoms with Crippen molar-refractivity contribution in [3.05, 3.63) is 132 Å². The highest BCUT2D eigenvalue weighted by Gasteiger charge is 2.14. The molecule has 0 aliphatic carbocycles. The van der Waals surface area contributed by atoms with Gasteiger partial charge in [0.1, 0.15) is 5.83 Å². The van der Waals surface area contributed by atoms with E-state index in [-0.39, 0.29) is 11.1 Å². The lowest BCUT2D eigenvalue weighted by molar-refractivity contribution is 0.501. The number of allylic oxidation sites excluding steroid dienone is 8. The fourth-order valence-corrected chi connectivity index (χ4v) is 2.81. The summed E-state index contributed by atoms with van der Waals surface area (Å²) in [5.74, 6) is -2.14. The van der Waals surface area contributed by atoms with E-state index in [1.165, 1.54) is 6.08 Å². The van der Waals surface area contributed by atoms with Crippen LogP contribution in [0.15, 0.2) is 109 Å². The molecule has 0 atom stereocenters. The van der Waals surface area contributed by atoms with Gasteiger partial charge in [0.05, 0.1) is 0 Å². The molecule has 2 rings (SSSR count). The van der Waals surface area contributed by atoms with Crippen LogP contribution in [-0.4, -0.2) is 0 Å². The van der Waals surface area contributed by atoms with Crippen molar-refractivity contribution in [1.29, 1.82) is 0 Å². The third kappa shape index (κ3) is 6.58. The third-order valence-corrected chi connectivity index (χ3v) is 4.88. The Morgan fingerprint density at radius 3 is 2.13 bits per heavy atom. The molecule has 3 heteroatoms. The van der Waals surface area contributed by atoms with Gasteiger partial charge in [-0.05, 0) is 60.6 Å². The maximum absolute atomic E-state index is 14.6. The van der Waals surface area contributed by atoms with Crippen LogP contribution in [0.1, 0.15) is 24.5 Å². The van der Waals surface area contributed by atoms with Gasteiger partial charge in [0.15, 0.2) is 11.6 Å². The van der Waals surface area contributed by atoms with E-state index in [1.807, 2.05) is 19.1 Å². The first-order chi connectivity index (χ1) is 14.6. The SMILES string of the molecule is C=C(/C=C\C(=C)C(=C)/C=C(/F)C(=C)C)CCc1ccc(-c2ccc(C)cc2)c(F)c1F. The minimum atomic E-state index is -0.849. The van der Waals surface area contributed by atoms with Crippen LogP contribution in [-0.2, 0) is 6.42 Å². The van der Waals surface area contributed by atoms with Gasteiger partial charge in [0.2, 0.25) is 0 Å². The summed E-state index contributed by atoms with van der Waals surface area (Å²) in [6.45, 7) is 18.6. The number of benzene rings is 2. The Balaban J connectivity index is 2.03. The van der Waals surface area contributed by atoms with Gasteiger partial charge in [-0.1, -0.05) is 86.0 Å². The number of hydrogen-bond donors (Lipinski definition) is 0. The number of aryl methyl sites for hydroxylation is 2. The van der Waals surface area contributed by atoms with E-state index >= 15 is 0 Å². The van der Waals surface area contributed by atoms with Gasteiger partial charge < -0.3 is 0 Å². The largest absolute Gasteiger partial charge is 0.207 e. The van der Waals surface area contributed by atoms with Crippen LogP contribution < -0.4 is 0 Å². The summed E-state index contributed by atoms with van der Waals surface area (Å²) in [5.41, 5.74) is 4.18. The molecule has 0 aliphatic heterocycles. The number of hydrogen-bond acceptors (Lipinski definition) is 0. The first-order valence-corrected chi connectivity index (χ1v) is 9.91. The molecule has 0 saturated carbocycles. The van der Waals surface area contributed by atoms with E-state index < -0.39 is 17.5 Å². The normalized spacial score (nSPS) is 11.6. The van der Waals surface area contributed by atoms with Crippen LogP contribution in [0.4, 0.5) is 13.2 Å². The van der Waals surface area contributed by atoms with Gasteiger partial charge in [-0.25, -0.2) is 13.2 Å². The molecule has 2 aromatic carbocycles. The molecule has 0 heterocycles. The van der Waals surface area contributed by atoms with Crippen molar-refractivity contribution in [3.63, 3.8) is 0 Å². The summed E-state index contributed by atoms with van der Waals surface area (Å²) in [7, 11) is 0. The molecule has 0 spiro atoms. The smallest absolute Gasteiger partial charge is 0.166 e. The molecule has 0 aliphatic rings. The zero-order valence-electron chi connectivity index (χ0n) is 18.1. The van der Waals surface area contributed by atoms with Gasteiger partial charge in [-0.15, -0.1) is 0 Å². The number of halogens is 3. The van der Waals surface area contributed by atoms with Crippen molar-refractivity contribution in [2.24, 2.45) is 0 Å². The Labute approximate surface area is 183 Å². The van der Waals surface area contributed by atoms with Gasteiger partial charge >= 0.3 is 0 Å². The molecule has 0 saturated heterocycles. The predicted molar refractivity (Wildman–Crippen MR) is 125 cm³/mol. The quantitative estimate of drug-likeness (QED) is 0.357. The summed E-state index contributed by atoms with van der Waals surface area (Å²) in [6, 6.07) is 10.5. The average Bonchev–Trinajstić information content (AvgIpc) is 2.73. The molecule has 0 nitrogen and oxygen atoms in total. The molecule has 0 radical (unpaired) electrons. The minimum absolute atomic E-state index is 0.241. The highest BCUT2D eigenvalue weighted by molar-refractivity contribution is 5.65. The first kappa shape index (κ1) is 23.9. The average molecular weight is 421 g/mol. The van der Waals surface area contributed by atoms with Crippen molar-refractivity contribution in [2.45, 2.75) is 26.7 Å². The van der Waals surface area contributed by atoms with Crippen LogP contribution in [0.25, 0.3) is 11.1 Å². The van der Waals surface area contributed by atoms with Crippen molar-refractivity contribution in [2.75, 3.05) is 0 Å². The van der Waals surface area contributed by atoms with Gasteiger partial charge in [-0.2, -0.15) is 0 Å². The molecule has 0 unspecified atom stereocenters. The Kier molecular flexibility index (Phi) is 8.21. The summed E-state index contributed by atoms with van der Waals surface area (Å²) in [4.78, 5) is 0. The monoisotopic (exact) mass is 420 g/mol. The van der Waals surface area contributed by atoms with E-state index in [4.69, 9.17) is 0 Å². The molecule has 0 fully saturated rings. The van der Waals surface area contributed by atoms with Crippen molar-refractivity contribution < 1.29 is 13.2 Å². The van der Waals surface area contributed by atoms with Crippen LogP contribution in [0.2, 0.25) is 0 Å². The summed E-state index contributed by atoms with van der Waals surface area (Å²) < 4.78 is 42.8. The molecule has 0 N–H and O–H groups in total. The van der Waals surface area contributed by atoms with E-state index in [9.17, 15) is 13.2 Å². The van der Waals surface area contributed by atoms with Crippen LogP contribution in [0.3, 0.4) is 0 Å². The van der Waals surface area contributed by atoms with Crippen molar-refractivity contribution in [1.82, 2.24) is 0 Å². The minimum Gasteiger partial charge on any atom is -0.207 e. The second-order valence-corrected chi connectivity index (χ2v) is 7.58. The van der Waals surface area contributed by atoms with Gasteiger partial charge in [0.25, 0.3) is 0 Å². The maximum Gasteiger partial charge on any atom is 0.166 e. The Bertz CT molecular complexity index is 1080. The third-order valence-electron chi connectivity index (χ3n) is 4.88. The molecule has 0 bridgehead atoms. The lowest BCUT2D eigenvalue weighted by Gasteiger charge is -2.09. The molecular weight excluding hydrogens is 393 g/mol. The van der Waals surface area contributed by atoms with Crippen molar-refractivity contribution >= 4 is 0 Å². The molecule has 0 amide bonds. The Morgan fingerprint density at radius 2 is 1.52 bits per heavy atom. The lowest BCUT2D eigenvalue weighted by atomic mass is 9.98. The summed E-state index contributed by atoms with van der Waals surface area (Å²) in [6.07, 6.45) is 5.40. The molecule has 2 aromatic rings. The highest BCUT2D eigenvalue weighted by atomic mass is 19.2. The number of rotatable bonds is 9. The fraction of sp³-hybridized carbons (Fsp3) is 0.143. The van der Waals surface area contributed by atoms with Gasteiger partial charge in [-0.3, -0.25) is 0 Å². The molecular formula is C28H27F3. The van der Waals surface area contributed by atoms with E-state index in [1.54, 1.807) is 43.3 Å². The highest BCUT2D eigenvalue weighted by Crippen LogP contribution is 2.27. The van der Waals surface area contributed by atoms with Gasteiger partial charge in [0, 0.05) is 5.56 Å². The zero-order chi connectivity index (χ0) is 23.1. The Morgan fingerprint density at radius 1 is 0.871 bits per heavy atom. The molecule has 31 heavy (non-hydrogen) atoms. The summed E-state index contributed by atoms with van der Waals surface area (Å²) in [5, 5.41) is 0. The standard InChI is InChI=1S/C28H27F3/c1-18(2)26(29)17-22(6)21(5)11-7-19(3)10-14-24-15-16-25(28(31)27(24)30)23-12-8-20(4)9-13-23/h7-9,11-13,15-17H,1,3,5-6,10,14H2,2,4H3/b11-7-,26-17+. The first-order valence-electron chi connectivity index (χ1n) is 9.91. The molecule has 0 aromatic heterocycles. The van der Waals surface area contributed by atoms with Crippen LogP contribution in [0, 0.1) is 18.6 Å². The van der Waals surface area contributed by atoms with E-state index in [2.05, 4.69) is 26.3 Å². The van der Waals surface area contributed by atoms with Crippen LogP contribution >= 0.6 is 0 Å². The zero-order valence-corrected chi connectivity index (χ0v) is 18.1. The molecule has 160 valence electrons. The maximum atomic E-state index is 14.6. The fourth-order valence-electron chi connectivity index (χ4n) is 2.81. The lowest BCUT2D eigenvalue weighted by Crippen LogP contribution is -1.98. The topological polar surface area (TPSA) is 0 Å². The van der Waals surface area contributed by atoms with Crippen LogP contribution in [0.5, 0.6) is 0 Å². The predicted octanol–water partition coefficient (Wildman–Crippen LogP) is 8.53. The Hall–Kier alpha value is -3.33. The van der Waals surface area contributed by atoms with E-state index in [0.717, 1.165) is 5.56 Å². The van der Waals surface area contributed by atoms with E-state index in [0.29, 0.717) is 40.7 Å². The second-order valence-electron chi connectivity index (χ2n) is 7.58. The van der Waals surface area contributed by atoms with Crippen molar-refractivity contribution in [3.8, 4) is 11.1 Å². The summed E-state index contributed by atoms with van der Waals surface area (Å²) >= 11 is 0. The second kappa shape index (κ2) is 10.6.